The van der Waals surface area contributed by atoms with Crippen LogP contribution in [0.4, 0.5) is 0 Å². The van der Waals surface area contributed by atoms with Crippen LogP contribution in [-0.4, -0.2) is 28.0 Å². The van der Waals surface area contributed by atoms with Crippen molar-refractivity contribution >= 4 is 23.2 Å². The monoisotopic (exact) mass is 229 g/mol. The fourth-order valence-electron chi connectivity index (χ4n) is 0.915. The zero-order chi connectivity index (χ0) is 11.3. The molecule has 0 spiro atoms. The minimum atomic E-state index is -1.09. The number of nitrogens with two attached hydrogens (primary N) is 1. The number of nitrogens with one attached hydrogen (secondary N) is 1. The predicted molar refractivity (Wildman–Crippen MR) is 54.2 cm³/mol. The van der Waals surface area contributed by atoms with Crippen LogP contribution in [0.3, 0.4) is 0 Å². The van der Waals surface area contributed by atoms with Gasteiger partial charge in [0.05, 0.1) is 19.0 Å². The predicted octanol–water partition coefficient (Wildman–Crippen LogP) is -0.439. The Morgan fingerprint density at radius 2 is 2.40 bits per heavy atom. The van der Waals surface area contributed by atoms with E-state index >= 15 is 0 Å². The van der Waals surface area contributed by atoms with Crippen molar-refractivity contribution < 1.29 is 14.7 Å². The first-order chi connectivity index (χ1) is 7.09. The highest BCUT2D eigenvalue weighted by molar-refractivity contribution is 7.09. The first-order valence-corrected chi connectivity index (χ1v) is 5.11. The van der Waals surface area contributed by atoms with Gasteiger partial charge < -0.3 is 16.2 Å². The molecule has 15 heavy (non-hydrogen) atoms. The summed E-state index contributed by atoms with van der Waals surface area (Å²) < 4.78 is 0. The van der Waals surface area contributed by atoms with Crippen LogP contribution in [0.1, 0.15) is 11.4 Å². The minimum absolute atomic E-state index is 0.282. The molecule has 0 fully saturated rings. The molecular formula is C8H11N3O3S. The molecule has 1 unspecified atom stereocenters. The molecule has 6 nitrogen and oxygen atoms in total. The van der Waals surface area contributed by atoms with Gasteiger partial charge in [0, 0.05) is 11.6 Å². The number of carbonyl (C=O) groups is 2. The highest BCUT2D eigenvalue weighted by Gasteiger charge is 2.16. The fraction of sp³-hybridized carbons (Fsp3) is 0.375. The second-order valence-corrected chi connectivity index (χ2v) is 3.83. The normalized spacial score (nSPS) is 12.1. The van der Waals surface area contributed by atoms with E-state index in [0.29, 0.717) is 0 Å². The Labute approximate surface area is 90.1 Å². The quantitative estimate of drug-likeness (QED) is 0.635. The lowest BCUT2D eigenvalue weighted by molar-refractivity contribution is -0.139. The minimum Gasteiger partial charge on any atom is -0.481 e. The van der Waals surface area contributed by atoms with Gasteiger partial charge in [0.15, 0.2) is 0 Å². The number of carbonyl (C=O) groups excluding carboxylic acids is 1. The molecule has 1 atom stereocenters. The zero-order valence-corrected chi connectivity index (χ0v) is 8.66. The number of carboxylic acids is 1. The van der Waals surface area contributed by atoms with E-state index in [9.17, 15) is 9.59 Å². The number of rotatable bonds is 5. The van der Waals surface area contributed by atoms with Gasteiger partial charge in [-0.15, -0.1) is 11.3 Å². The van der Waals surface area contributed by atoms with Gasteiger partial charge in [0.25, 0.3) is 0 Å². The van der Waals surface area contributed by atoms with Crippen molar-refractivity contribution in [3.05, 3.63) is 16.6 Å². The number of carboxylic acid groups (broad SMARTS) is 1. The van der Waals surface area contributed by atoms with Crippen molar-refractivity contribution in [3.8, 4) is 0 Å². The fourth-order valence-corrected chi connectivity index (χ4v) is 1.47. The van der Waals surface area contributed by atoms with Crippen molar-refractivity contribution in [3.63, 3.8) is 0 Å². The van der Waals surface area contributed by atoms with E-state index in [1.54, 1.807) is 11.6 Å². The van der Waals surface area contributed by atoms with Crippen LogP contribution in [0.2, 0.25) is 0 Å². The van der Waals surface area contributed by atoms with Gasteiger partial charge in [-0.3, -0.25) is 9.59 Å². The maximum Gasteiger partial charge on any atom is 0.305 e. The first-order valence-electron chi connectivity index (χ1n) is 4.23. The van der Waals surface area contributed by atoms with Crippen molar-refractivity contribution in [2.24, 2.45) is 5.73 Å². The third kappa shape index (κ3) is 4.05. The van der Waals surface area contributed by atoms with E-state index in [4.69, 9.17) is 10.8 Å². The summed E-state index contributed by atoms with van der Waals surface area (Å²) in [6.45, 7) is 0.282. The number of amides is 1. The summed E-state index contributed by atoms with van der Waals surface area (Å²) in [5.74, 6) is -1.57. The Bertz CT molecular complexity index is 339. The van der Waals surface area contributed by atoms with E-state index < -0.39 is 17.9 Å². The van der Waals surface area contributed by atoms with Crippen LogP contribution in [0.5, 0.6) is 0 Å². The molecule has 4 N–H and O–H groups in total. The maximum atomic E-state index is 11.3. The molecule has 0 aliphatic rings. The molecule has 0 radical (unpaired) electrons. The Hall–Kier alpha value is -1.47. The molecule has 0 bridgehead atoms. The van der Waals surface area contributed by atoms with Crippen molar-refractivity contribution in [2.45, 2.75) is 19.0 Å². The molecule has 1 heterocycles. The third-order valence-corrected chi connectivity index (χ3v) is 2.41. The van der Waals surface area contributed by atoms with Crippen LogP contribution in [0.25, 0.3) is 0 Å². The van der Waals surface area contributed by atoms with Crippen LogP contribution in [0.15, 0.2) is 11.6 Å². The smallest absolute Gasteiger partial charge is 0.305 e. The molecule has 1 rings (SSSR count). The van der Waals surface area contributed by atoms with Crippen molar-refractivity contribution in [1.82, 2.24) is 10.3 Å². The molecule has 0 aliphatic heterocycles. The summed E-state index contributed by atoms with van der Waals surface area (Å²) in [7, 11) is 0. The van der Waals surface area contributed by atoms with Gasteiger partial charge in [-0.2, -0.15) is 0 Å². The topological polar surface area (TPSA) is 105 Å². The molecule has 1 amide bonds. The van der Waals surface area contributed by atoms with Crippen LogP contribution in [0, 0.1) is 0 Å². The van der Waals surface area contributed by atoms with Gasteiger partial charge in [0.1, 0.15) is 5.01 Å². The number of hydrogen-bond acceptors (Lipinski definition) is 5. The second kappa shape index (κ2) is 5.42. The molecule has 0 aromatic carbocycles. The van der Waals surface area contributed by atoms with Gasteiger partial charge >= 0.3 is 5.97 Å². The Balaban J connectivity index is 2.32. The Kier molecular flexibility index (Phi) is 4.19. The van der Waals surface area contributed by atoms with Crippen LogP contribution in [-0.2, 0) is 16.1 Å². The standard InChI is InChI=1S/C8H11N3O3S/c9-5(3-7(12)13)8(14)11-4-6-10-1-2-15-6/h1-2,5H,3-4,9H2,(H,11,14)(H,12,13). The average Bonchev–Trinajstić information content (AvgIpc) is 2.65. The van der Waals surface area contributed by atoms with E-state index in [-0.39, 0.29) is 13.0 Å². The van der Waals surface area contributed by atoms with E-state index in [1.807, 2.05) is 0 Å². The summed E-state index contributed by atoms with van der Waals surface area (Å²) >= 11 is 1.41. The summed E-state index contributed by atoms with van der Waals surface area (Å²) in [6.07, 6.45) is 1.26. The van der Waals surface area contributed by atoms with Crippen molar-refractivity contribution in [1.29, 1.82) is 0 Å². The lowest BCUT2D eigenvalue weighted by Crippen LogP contribution is -2.41. The summed E-state index contributed by atoms with van der Waals surface area (Å²) in [5, 5.41) is 13.5. The Morgan fingerprint density at radius 1 is 1.67 bits per heavy atom. The largest absolute Gasteiger partial charge is 0.481 e. The highest BCUT2D eigenvalue weighted by atomic mass is 32.1. The SMILES string of the molecule is NC(CC(=O)O)C(=O)NCc1nccs1. The first kappa shape index (κ1) is 11.6. The van der Waals surface area contributed by atoms with Crippen molar-refractivity contribution in [2.75, 3.05) is 0 Å². The lowest BCUT2D eigenvalue weighted by Gasteiger charge is -2.08. The summed E-state index contributed by atoms with van der Waals surface area (Å²) in [4.78, 5) is 25.5. The van der Waals surface area contributed by atoms with Gasteiger partial charge in [0.2, 0.25) is 5.91 Å². The number of hydrogen-bond donors (Lipinski definition) is 3. The number of aliphatic carboxylic acids is 1. The molecule has 7 heteroatoms. The molecule has 0 saturated carbocycles. The molecule has 0 aliphatic carbocycles. The number of aromatic nitrogens is 1. The lowest BCUT2D eigenvalue weighted by atomic mass is 10.2. The molecule has 1 aromatic rings. The van der Waals surface area contributed by atoms with Gasteiger partial charge in [-0.1, -0.05) is 0 Å². The molecule has 0 saturated heterocycles. The second-order valence-electron chi connectivity index (χ2n) is 2.85. The van der Waals surface area contributed by atoms with E-state index in [2.05, 4.69) is 10.3 Å². The maximum absolute atomic E-state index is 11.3. The third-order valence-electron chi connectivity index (χ3n) is 1.63. The zero-order valence-electron chi connectivity index (χ0n) is 7.84. The Morgan fingerprint density at radius 3 is 2.93 bits per heavy atom. The molecular weight excluding hydrogens is 218 g/mol. The summed E-state index contributed by atoms with van der Waals surface area (Å²) in [5.41, 5.74) is 5.35. The molecule has 1 aromatic heterocycles. The van der Waals surface area contributed by atoms with Gasteiger partial charge in [-0.05, 0) is 0 Å². The number of nitrogens with zero attached hydrogens (tertiary/aromatic N) is 1. The van der Waals surface area contributed by atoms with Crippen LogP contribution >= 0.6 is 11.3 Å². The molecule has 82 valence electrons. The average molecular weight is 229 g/mol. The number of thiazole rings is 1. The highest BCUT2D eigenvalue weighted by Crippen LogP contribution is 2.02. The van der Waals surface area contributed by atoms with Crippen LogP contribution < -0.4 is 11.1 Å². The summed E-state index contributed by atoms with van der Waals surface area (Å²) in [6, 6.07) is -1.01. The van der Waals surface area contributed by atoms with E-state index in [0.717, 1.165) is 5.01 Å². The van der Waals surface area contributed by atoms with E-state index in [1.165, 1.54) is 11.3 Å². The van der Waals surface area contributed by atoms with Gasteiger partial charge in [-0.25, -0.2) is 4.98 Å².